The number of nitrogens with one attached hydrogen (secondary N) is 2. The van der Waals surface area contributed by atoms with Crippen LogP contribution in [0.1, 0.15) is 18.9 Å². The fourth-order valence-corrected chi connectivity index (χ4v) is 4.11. The number of thioether (sulfide) groups is 1. The molecule has 2 aromatic rings. The van der Waals surface area contributed by atoms with Gasteiger partial charge in [-0.1, -0.05) is 17.7 Å². The number of amides is 2. The van der Waals surface area contributed by atoms with Gasteiger partial charge in [-0.15, -0.1) is 11.8 Å². The van der Waals surface area contributed by atoms with Gasteiger partial charge in [0.25, 0.3) is 0 Å². The molecule has 2 atom stereocenters. The average molecular weight is 411 g/mol. The predicted octanol–water partition coefficient (Wildman–Crippen LogP) is 4.17. The van der Waals surface area contributed by atoms with Crippen LogP contribution in [0.2, 0.25) is 5.02 Å². The van der Waals surface area contributed by atoms with Crippen LogP contribution < -0.4 is 10.6 Å². The second-order valence-corrected chi connectivity index (χ2v) is 7.99. The lowest BCUT2D eigenvalue weighted by molar-refractivity contribution is -0.124. The smallest absolute Gasteiger partial charge is 0.238 e. The van der Waals surface area contributed by atoms with E-state index in [4.69, 9.17) is 11.6 Å². The molecule has 3 rings (SSSR count). The summed E-state index contributed by atoms with van der Waals surface area (Å²) in [4.78, 5) is 25.3. The minimum atomic E-state index is -0.645. The summed E-state index contributed by atoms with van der Waals surface area (Å²) in [6, 6.07) is 8.33. The Morgan fingerprint density at radius 3 is 2.70 bits per heavy atom. The second kappa shape index (κ2) is 8.27. The molecule has 0 bridgehead atoms. The van der Waals surface area contributed by atoms with E-state index in [2.05, 4.69) is 10.6 Å². The fourth-order valence-electron chi connectivity index (χ4n) is 2.84. The number of carbonyl (C=O) groups is 2. The molecule has 4 nitrogen and oxygen atoms in total. The molecule has 0 saturated carbocycles. The van der Waals surface area contributed by atoms with Gasteiger partial charge in [0.2, 0.25) is 11.8 Å². The molecule has 1 aliphatic heterocycles. The quantitative estimate of drug-likeness (QED) is 0.777. The van der Waals surface area contributed by atoms with E-state index in [0.717, 1.165) is 4.90 Å². The first kappa shape index (κ1) is 19.6. The van der Waals surface area contributed by atoms with E-state index >= 15 is 0 Å². The first-order valence-electron chi connectivity index (χ1n) is 8.33. The van der Waals surface area contributed by atoms with Gasteiger partial charge in [-0.3, -0.25) is 9.59 Å². The molecular formula is C19H17ClF2N2O2S. The van der Waals surface area contributed by atoms with Crippen LogP contribution in [-0.4, -0.2) is 23.1 Å². The third-order valence-corrected chi connectivity index (χ3v) is 5.62. The molecule has 0 aromatic heterocycles. The molecule has 2 unspecified atom stereocenters. The minimum absolute atomic E-state index is 0.0234. The van der Waals surface area contributed by atoms with E-state index in [1.807, 2.05) is 0 Å². The molecule has 142 valence electrons. The highest BCUT2D eigenvalue weighted by Crippen LogP contribution is 2.38. The topological polar surface area (TPSA) is 58.2 Å². The Kier molecular flexibility index (Phi) is 6.01. The molecule has 2 N–H and O–H groups in total. The van der Waals surface area contributed by atoms with Crippen LogP contribution in [0.15, 0.2) is 41.3 Å². The lowest BCUT2D eigenvalue weighted by atomic mass is 10.1. The lowest BCUT2D eigenvalue weighted by Gasteiger charge is -2.24. The van der Waals surface area contributed by atoms with Crippen LogP contribution in [0, 0.1) is 11.6 Å². The number of anilines is 1. The summed E-state index contributed by atoms with van der Waals surface area (Å²) in [5.41, 5.74) is 0.554. The minimum Gasteiger partial charge on any atom is -0.353 e. The summed E-state index contributed by atoms with van der Waals surface area (Å²) in [6.45, 7) is 1.66. The van der Waals surface area contributed by atoms with Crippen LogP contribution in [0.25, 0.3) is 0 Å². The highest BCUT2D eigenvalue weighted by molar-refractivity contribution is 8.01. The highest BCUT2D eigenvalue weighted by atomic mass is 35.5. The molecular weight excluding hydrogens is 394 g/mol. The van der Waals surface area contributed by atoms with E-state index in [1.54, 1.807) is 25.1 Å². The molecule has 0 aliphatic carbocycles. The van der Waals surface area contributed by atoms with Crippen molar-refractivity contribution in [2.45, 2.75) is 36.0 Å². The molecule has 1 aliphatic rings. The Morgan fingerprint density at radius 1 is 1.30 bits per heavy atom. The van der Waals surface area contributed by atoms with E-state index in [0.29, 0.717) is 10.7 Å². The lowest BCUT2D eigenvalue weighted by Crippen LogP contribution is -2.39. The number of rotatable bonds is 5. The summed E-state index contributed by atoms with van der Waals surface area (Å²) in [5.74, 6) is -1.93. The number of fused-ring (bicyclic) bond motifs is 1. The summed E-state index contributed by atoms with van der Waals surface area (Å²) in [5, 5.41) is 5.36. The van der Waals surface area contributed by atoms with Gasteiger partial charge in [0.05, 0.1) is 10.9 Å². The zero-order chi connectivity index (χ0) is 19.6. The Bertz CT molecular complexity index is 874. The third kappa shape index (κ3) is 4.78. The largest absolute Gasteiger partial charge is 0.353 e. The van der Waals surface area contributed by atoms with E-state index in [9.17, 15) is 18.4 Å². The maximum absolute atomic E-state index is 13.7. The summed E-state index contributed by atoms with van der Waals surface area (Å²) < 4.78 is 27.4. The van der Waals surface area contributed by atoms with Crippen LogP contribution >= 0.6 is 23.4 Å². The zero-order valence-corrected chi connectivity index (χ0v) is 16.0. The van der Waals surface area contributed by atoms with Crippen molar-refractivity contribution in [2.75, 3.05) is 5.32 Å². The van der Waals surface area contributed by atoms with E-state index in [-0.39, 0.29) is 30.2 Å². The second-order valence-electron chi connectivity index (χ2n) is 6.31. The summed E-state index contributed by atoms with van der Waals surface area (Å²) in [6.07, 6.45) is -0.0156. The number of carbonyl (C=O) groups excluding carboxylic acids is 2. The van der Waals surface area contributed by atoms with Gasteiger partial charge >= 0.3 is 0 Å². The molecule has 2 amide bonds. The number of hydrogen-bond donors (Lipinski definition) is 2. The van der Waals surface area contributed by atoms with Gasteiger partial charge in [0.15, 0.2) is 0 Å². The average Bonchev–Trinajstić information content (AvgIpc) is 2.59. The zero-order valence-electron chi connectivity index (χ0n) is 14.4. The monoisotopic (exact) mass is 410 g/mol. The van der Waals surface area contributed by atoms with Gasteiger partial charge in [-0.25, -0.2) is 8.78 Å². The van der Waals surface area contributed by atoms with Gasteiger partial charge in [-0.2, -0.15) is 0 Å². The first-order valence-corrected chi connectivity index (χ1v) is 9.58. The fraction of sp³-hybridized carbons (Fsp3) is 0.263. The van der Waals surface area contributed by atoms with Gasteiger partial charge in [0, 0.05) is 27.9 Å². The van der Waals surface area contributed by atoms with Gasteiger partial charge in [0.1, 0.15) is 11.6 Å². The Morgan fingerprint density at radius 2 is 2.00 bits per heavy atom. The van der Waals surface area contributed by atoms with Crippen molar-refractivity contribution in [3.05, 3.63) is 58.6 Å². The number of halogens is 3. The molecule has 0 spiro atoms. The summed E-state index contributed by atoms with van der Waals surface area (Å²) >= 11 is 7.20. The van der Waals surface area contributed by atoms with Crippen LogP contribution in [0.3, 0.4) is 0 Å². The Balaban J connectivity index is 1.59. The van der Waals surface area contributed by atoms with Gasteiger partial charge < -0.3 is 10.6 Å². The Hall–Kier alpha value is -2.12. The molecule has 0 radical (unpaired) electrons. The standard InChI is InChI=1S/C19H17ClF2N2O2S/c1-10(7-12-13(21)3-2-4-14(12)22)23-18(25)9-17-19(26)24-15-8-11(20)5-6-16(15)27-17/h2-6,8,10,17H,7,9H2,1H3,(H,23,25)(H,24,26). The van der Waals surface area contributed by atoms with Crippen molar-refractivity contribution in [1.82, 2.24) is 5.32 Å². The predicted molar refractivity (Wildman–Crippen MR) is 102 cm³/mol. The van der Waals surface area contributed by atoms with Crippen molar-refractivity contribution in [3.63, 3.8) is 0 Å². The first-order chi connectivity index (χ1) is 12.8. The number of benzene rings is 2. The van der Waals surface area contributed by atoms with Crippen molar-refractivity contribution in [1.29, 1.82) is 0 Å². The van der Waals surface area contributed by atoms with Crippen LogP contribution in [0.4, 0.5) is 14.5 Å². The molecule has 0 fully saturated rings. The van der Waals surface area contributed by atoms with Gasteiger partial charge in [-0.05, 0) is 43.7 Å². The molecule has 27 heavy (non-hydrogen) atoms. The molecule has 2 aromatic carbocycles. The molecule has 0 saturated heterocycles. The maximum Gasteiger partial charge on any atom is 0.238 e. The van der Waals surface area contributed by atoms with E-state index < -0.39 is 22.9 Å². The normalized spacial score (nSPS) is 17.0. The molecule has 8 heteroatoms. The maximum atomic E-state index is 13.7. The van der Waals surface area contributed by atoms with Crippen LogP contribution in [-0.2, 0) is 16.0 Å². The van der Waals surface area contributed by atoms with Crippen molar-refractivity contribution >= 4 is 40.9 Å². The van der Waals surface area contributed by atoms with Crippen LogP contribution in [0.5, 0.6) is 0 Å². The van der Waals surface area contributed by atoms with Crippen molar-refractivity contribution < 1.29 is 18.4 Å². The Labute approximate surface area is 164 Å². The summed E-state index contributed by atoms with van der Waals surface area (Å²) in [7, 11) is 0. The molecule has 1 heterocycles. The van der Waals surface area contributed by atoms with E-state index in [1.165, 1.54) is 30.0 Å². The SMILES string of the molecule is CC(Cc1c(F)cccc1F)NC(=O)CC1Sc2ccc(Cl)cc2NC1=O. The number of hydrogen-bond acceptors (Lipinski definition) is 3. The highest BCUT2D eigenvalue weighted by Gasteiger charge is 2.29. The third-order valence-electron chi connectivity index (χ3n) is 4.11. The van der Waals surface area contributed by atoms with Crippen molar-refractivity contribution in [3.8, 4) is 0 Å². The van der Waals surface area contributed by atoms with Crippen molar-refractivity contribution in [2.24, 2.45) is 0 Å².